The second-order valence-electron chi connectivity index (χ2n) is 4.52. The summed E-state index contributed by atoms with van der Waals surface area (Å²) in [5, 5.41) is 2.92. The van der Waals surface area contributed by atoms with Gasteiger partial charge in [-0.1, -0.05) is 0 Å². The van der Waals surface area contributed by atoms with Crippen LogP contribution in [-0.4, -0.2) is 30.6 Å². The molecule has 0 aliphatic carbocycles. The molecule has 98 valence electrons. The van der Waals surface area contributed by atoms with Gasteiger partial charge >= 0.3 is 0 Å². The van der Waals surface area contributed by atoms with Gasteiger partial charge < -0.3 is 15.8 Å². The van der Waals surface area contributed by atoms with Gasteiger partial charge in [-0.05, 0) is 36.5 Å². The van der Waals surface area contributed by atoms with Crippen LogP contribution < -0.4 is 11.1 Å². The summed E-state index contributed by atoms with van der Waals surface area (Å²) in [4.78, 5) is 16.0. The van der Waals surface area contributed by atoms with E-state index in [-0.39, 0.29) is 5.91 Å². The Morgan fingerprint density at radius 1 is 1.50 bits per heavy atom. The molecule has 1 amide bonds. The second-order valence-corrected chi connectivity index (χ2v) is 4.52. The normalized spacial score (nSPS) is 16.5. The predicted molar refractivity (Wildman–Crippen MR) is 68.0 cm³/mol. The zero-order valence-electron chi connectivity index (χ0n) is 10.4. The third kappa shape index (κ3) is 3.51. The van der Waals surface area contributed by atoms with Gasteiger partial charge in [0.1, 0.15) is 5.69 Å². The van der Waals surface area contributed by atoms with Crippen LogP contribution in [0.1, 0.15) is 28.9 Å². The largest absolute Gasteiger partial charge is 0.381 e. The summed E-state index contributed by atoms with van der Waals surface area (Å²) in [6, 6.07) is 3.55. The number of hydrogen-bond acceptors (Lipinski definition) is 4. The van der Waals surface area contributed by atoms with E-state index in [0.717, 1.165) is 31.6 Å². The summed E-state index contributed by atoms with van der Waals surface area (Å²) in [5.41, 5.74) is 6.89. The standard InChI is InChI=1S/C13H19N3O2/c14-8-11-1-4-15-12(7-11)13(17)16-9-10-2-5-18-6-3-10/h1,4,7,10H,2-3,5-6,8-9,14H2,(H,16,17). The second kappa shape index (κ2) is 6.47. The van der Waals surface area contributed by atoms with Gasteiger partial charge in [-0.15, -0.1) is 0 Å². The van der Waals surface area contributed by atoms with Gasteiger partial charge in [0.05, 0.1) is 0 Å². The first-order valence-electron chi connectivity index (χ1n) is 6.30. The van der Waals surface area contributed by atoms with Crippen LogP contribution in [0.5, 0.6) is 0 Å². The number of amides is 1. The lowest BCUT2D eigenvalue weighted by Gasteiger charge is -2.22. The Morgan fingerprint density at radius 2 is 2.28 bits per heavy atom. The van der Waals surface area contributed by atoms with Crippen LogP contribution in [0.3, 0.4) is 0 Å². The van der Waals surface area contributed by atoms with Crippen molar-refractivity contribution >= 4 is 5.91 Å². The van der Waals surface area contributed by atoms with Gasteiger partial charge in [0.2, 0.25) is 0 Å². The molecule has 0 spiro atoms. The zero-order valence-corrected chi connectivity index (χ0v) is 10.4. The third-order valence-electron chi connectivity index (χ3n) is 3.18. The lowest BCUT2D eigenvalue weighted by Crippen LogP contribution is -2.32. The Bertz CT molecular complexity index is 403. The van der Waals surface area contributed by atoms with E-state index in [0.29, 0.717) is 24.7 Å². The minimum absolute atomic E-state index is 0.128. The topological polar surface area (TPSA) is 77.2 Å². The molecule has 1 aromatic rings. The van der Waals surface area contributed by atoms with Crippen molar-refractivity contribution in [1.29, 1.82) is 0 Å². The molecule has 0 unspecified atom stereocenters. The molecule has 5 nitrogen and oxygen atoms in total. The molecule has 0 radical (unpaired) electrons. The molecule has 5 heteroatoms. The smallest absolute Gasteiger partial charge is 0.269 e. The van der Waals surface area contributed by atoms with Crippen LogP contribution >= 0.6 is 0 Å². The predicted octanol–water partition coefficient (Wildman–Crippen LogP) is 0.697. The summed E-state index contributed by atoms with van der Waals surface area (Å²) in [5.74, 6) is 0.386. The maximum absolute atomic E-state index is 11.9. The SMILES string of the molecule is NCc1ccnc(C(=O)NCC2CCOCC2)c1. The van der Waals surface area contributed by atoms with Crippen molar-refractivity contribution in [1.82, 2.24) is 10.3 Å². The fraction of sp³-hybridized carbons (Fsp3) is 0.538. The summed E-state index contributed by atoms with van der Waals surface area (Å²) in [6.45, 7) is 2.70. The van der Waals surface area contributed by atoms with Gasteiger partial charge in [0.25, 0.3) is 5.91 Å². The molecular weight excluding hydrogens is 230 g/mol. The molecule has 0 bridgehead atoms. The number of aromatic nitrogens is 1. The molecule has 2 rings (SSSR count). The number of nitrogens with two attached hydrogens (primary N) is 1. The van der Waals surface area contributed by atoms with Gasteiger partial charge in [-0.3, -0.25) is 9.78 Å². The first-order valence-corrected chi connectivity index (χ1v) is 6.30. The number of pyridine rings is 1. The molecule has 2 heterocycles. The van der Waals surface area contributed by atoms with Crippen molar-refractivity contribution in [3.8, 4) is 0 Å². The van der Waals surface area contributed by atoms with E-state index in [1.54, 1.807) is 12.3 Å². The number of carbonyl (C=O) groups is 1. The van der Waals surface area contributed by atoms with Crippen LogP contribution in [0.2, 0.25) is 0 Å². The van der Waals surface area contributed by atoms with Gasteiger partial charge in [0, 0.05) is 32.5 Å². The van der Waals surface area contributed by atoms with Crippen molar-refractivity contribution in [2.75, 3.05) is 19.8 Å². The highest BCUT2D eigenvalue weighted by Crippen LogP contribution is 2.13. The number of nitrogens with zero attached hydrogens (tertiary/aromatic N) is 1. The Morgan fingerprint density at radius 3 is 3.00 bits per heavy atom. The van der Waals surface area contributed by atoms with Crippen molar-refractivity contribution in [3.05, 3.63) is 29.6 Å². The fourth-order valence-corrected chi connectivity index (χ4v) is 2.00. The van der Waals surface area contributed by atoms with E-state index in [1.165, 1.54) is 0 Å². The summed E-state index contributed by atoms with van der Waals surface area (Å²) in [7, 11) is 0. The third-order valence-corrected chi connectivity index (χ3v) is 3.18. The molecule has 0 atom stereocenters. The minimum Gasteiger partial charge on any atom is -0.381 e. The van der Waals surface area contributed by atoms with E-state index >= 15 is 0 Å². The van der Waals surface area contributed by atoms with Crippen LogP contribution in [0.4, 0.5) is 0 Å². The minimum atomic E-state index is -0.128. The summed E-state index contributed by atoms with van der Waals surface area (Å²) < 4.78 is 5.28. The molecule has 0 saturated carbocycles. The number of ether oxygens (including phenoxy) is 1. The Balaban J connectivity index is 1.86. The first kappa shape index (κ1) is 13.0. The monoisotopic (exact) mass is 249 g/mol. The molecular formula is C13H19N3O2. The number of nitrogens with one attached hydrogen (secondary N) is 1. The number of rotatable bonds is 4. The summed E-state index contributed by atoms with van der Waals surface area (Å²) in [6.07, 6.45) is 3.64. The van der Waals surface area contributed by atoms with Gasteiger partial charge in [-0.25, -0.2) is 0 Å². The van der Waals surface area contributed by atoms with E-state index in [2.05, 4.69) is 10.3 Å². The van der Waals surface area contributed by atoms with E-state index in [4.69, 9.17) is 10.5 Å². The highest BCUT2D eigenvalue weighted by molar-refractivity contribution is 5.92. The van der Waals surface area contributed by atoms with Crippen LogP contribution in [0.25, 0.3) is 0 Å². The molecule has 0 aromatic carbocycles. The van der Waals surface area contributed by atoms with Crippen LogP contribution in [0, 0.1) is 5.92 Å². The van der Waals surface area contributed by atoms with Crippen molar-refractivity contribution in [2.24, 2.45) is 11.7 Å². The van der Waals surface area contributed by atoms with Gasteiger partial charge in [0.15, 0.2) is 0 Å². The van der Waals surface area contributed by atoms with Crippen molar-refractivity contribution in [2.45, 2.75) is 19.4 Å². The lowest BCUT2D eigenvalue weighted by molar-refractivity contribution is 0.0642. The van der Waals surface area contributed by atoms with Crippen molar-refractivity contribution < 1.29 is 9.53 Å². The average molecular weight is 249 g/mol. The molecule has 1 aliphatic heterocycles. The first-order chi connectivity index (χ1) is 8.79. The van der Waals surface area contributed by atoms with E-state index in [9.17, 15) is 4.79 Å². The fourth-order valence-electron chi connectivity index (χ4n) is 2.00. The maximum Gasteiger partial charge on any atom is 0.269 e. The Kier molecular flexibility index (Phi) is 4.66. The molecule has 18 heavy (non-hydrogen) atoms. The maximum atomic E-state index is 11.9. The quantitative estimate of drug-likeness (QED) is 0.823. The molecule has 1 aromatic heterocycles. The molecule has 3 N–H and O–H groups in total. The molecule has 1 fully saturated rings. The zero-order chi connectivity index (χ0) is 12.8. The lowest BCUT2D eigenvalue weighted by atomic mass is 10.0. The average Bonchev–Trinajstić information content (AvgIpc) is 2.46. The Labute approximate surface area is 107 Å². The van der Waals surface area contributed by atoms with E-state index in [1.807, 2.05) is 6.07 Å². The molecule has 1 saturated heterocycles. The number of carbonyl (C=O) groups excluding carboxylic acids is 1. The Hall–Kier alpha value is -1.46. The van der Waals surface area contributed by atoms with Crippen molar-refractivity contribution in [3.63, 3.8) is 0 Å². The summed E-state index contributed by atoms with van der Waals surface area (Å²) >= 11 is 0. The van der Waals surface area contributed by atoms with Crippen LogP contribution in [0.15, 0.2) is 18.3 Å². The van der Waals surface area contributed by atoms with Gasteiger partial charge in [-0.2, -0.15) is 0 Å². The number of hydrogen-bond donors (Lipinski definition) is 2. The van der Waals surface area contributed by atoms with E-state index < -0.39 is 0 Å². The molecule has 1 aliphatic rings. The highest BCUT2D eigenvalue weighted by atomic mass is 16.5. The highest BCUT2D eigenvalue weighted by Gasteiger charge is 2.15. The van der Waals surface area contributed by atoms with Crippen LogP contribution in [-0.2, 0) is 11.3 Å².